The topological polar surface area (TPSA) is 29.3 Å². The molecule has 1 aliphatic heterocycles. The number of nitrogens with two attached hydrogens (primary N) is 1. The minimum absolute atomic E-state index is 0.249. The molecule has 2 nitrogen and oxygen atoms in total. The van der Waals surface area contributed by atoms with Crippen LogP contribution in [0.5, 0.6) is 0 Å². The van der Waals surface area contributed by atoms with E-state index < -0.39 is 0 Å². The maximum atomic E-state index is 5.97. The summed E-state index contributed by atoms with van der Waals surface area (Å²) in [4.78, 5) is 2.57. The van der Waals surface area contributed by atoms with Crippen molar-refractivity contribution in [2.75, 3.05) is 13.1 Å². The lowest BCUT2D eigenvalue weighted by Gasteiger charge is -2.35. The largest absolute Gasteiger partial charge is 0.327 e. The van der Waals surface area contributed by atoms with E-state index in [4.69, 9.17) is 5.73 Å². The molecule has 0 aromatic carbocycles. The summed E-state index contributed by atoms with van der Waals surface area (Å²) in [5.74, 6) is 0. The molecule has 2 atom stereocenters. The van der Waals surface area contributed by atoms with Gasteiger partial charge < -0.3 is 10.6 Å². The lowest BCUT2D eigenvalue weighted by molar-refractivity contribution is 0.153. The van der Waals surface area contributed by atoms with Crippen molar-refractivity contribution in [2.24, 2.45) is 11.1 Å². The molecule has 1 saturated heterocycles. The summed E-state index contributed by atoms with van der Waals surface area (Å²) < 4.78 is 0. The molecular formula is C11H24N2. The first kappa shape index (κ1) is 11.0. The highest BCUT2D eigenvalue weighted by Gasteiger charge is 2.29. The van der Waals surface area contributed by atoms with E-state index in [-0.39, 0.29) is 11.5 Å². The molecule has 1 rings (SSSR count). The number of likely N-dealkylation sites (tertiary alicyclic amines) is 1. The molecule has 1 aliphatic rings. The van der Waals surface area contributed by atoms with Gasteiger partial charge in [0.15, 0.2) is 0 Å². The highest BCUT2D eigenvalue weighted by atomic mass is 15.2. The molecule has 13 heavy (non-hydrogen) atoms. The first-order chi connectivity index (χ1) is 5.93. The Bertz CT molecular complexity index is 163. The van der Waals surface area contributed by atoms with Crippen LogP contribution in [0.1, 0.15) is 40.5 Å². The van der Waals surface area contributed by atoms with Crippen LogP contribution in [0.2, 0.25) is 0 Å². The van der Waals surface area contributed by atoms with Gasteiger partial charge >= 0.3 is 0 Å². The van der Waals surface area contributed by atoms with Crippen LogP contribution in [-0.2, 0) is 0 Å². The second kappa shape index (κ2) is 3.97. The molecular weight excluding hydrogens is 160 g/mol. The van der Waals surface area contributed by atoms with Crippen LogP contribution in [0.4, 0.5) is 0 Å². The summed E-state index contributed by atoms with van der Waals surface area (Å²) in [6.45, 7) is 11.4. The van der Waals surface area contributed by atoms with Crippen LogP contribution in [0.3, 0.4) is 0 Å². The molecule has 2 N–H and O–H groups in total. The van der Waals surface area contributed by atoms with E-state index in [0.717, 1.165) is 12.6 Å². The maximum Gasteiger partial charge on any atom is 0.00739 e. The minimum atomic E-state index is 0.249. The highest BCUT2D eigenvalue weighted by Crippen LogP contribution is 2.25. The van der Waals surface area contributed by atoms with E-state index in [9.17, 15) is 0 Å². The van der Waals surface area contributed by atoms with Crippen LogP contribution in [0.15, 0.2) is 0 Å². The van der Waals surface area contributed by atoms with Crippen LogP contribution < -0.4 is 5.73 Å². The lowest BCUT2D eigenvalue weighted by Crippen LogP contribution is -2.45. The van der Waals surface area contributed by atoms with Crippen molar-refractivity contribution in [3.8, 4) is 0 Å². The molecule has 0 spiro atoms. The van der Waals surface area contributed by atoms with Crippen molar-refractivity contribution >= 4 is 0 Å². The molecule has 2 unspecified atom stereocenters. The third-order valence-corrected chi connectivity index (χ3v) is 3.53. The highest BCUT2D eigenvalue weighted by molar-refractivity contribution is 4.85. The van der Waals surface area contributed by atoms with Crippen LogP contribution in [-0.4, -0.2) is 30.1 Å². The predicted octanol–water partition coefficient (Wildman–Crippen LogP) is 1.84. The Labute approximate surface area is 82.5 Å². The Kier molecular flexibility index (Phi) is 3.36. The number of rotatable bonds is 3. The second-order valence-corrected chi connectivity index (χ2v) is 5.24. The molecule has 0 radical (unpaired) electrons. The number of hydrogen-bond donors (Lipinski definition) is 1. The van der Waals surface area contributed by atoms with Crippen molar-refractivity contribution in [1.82, 2.24) is 4.90 Å². The van der Waals surface area contributed by atoms with Gasteiger partial charge in [-0.15, -0.1) is 0 Å². The number of nitrogens with zero attached hydrogens (tertiary/aromatic N) is 1. The van der Waals surface area contributed by atoms with E-state index in [1.165, 1.54) is 19.4 Å². The third kappa shape index (κ3) is 2.68. The Hall–Kier alpha value is -0.0800. The summed E-state index contributed by atoms with van der Waals surface area (Å²) in [6.07, 6.45) is 2.71. The summed E-state index contributed by atoms with van der Waals surface area (Å²) in [5.41, 5.74) is 6.22. The van der Waals surface area contributed by atoms with Gasteiger partial charge in [0.25, 0.3) is 0 Å². The molecule has 0 aromatic heterocycles. The van der Waals surface area contributed by atoms with Gasteiger partial charge in [0.05, 0.1) is 0 Å². The van der Waals surface area contributed by atoms with Crippen LogP contribution in [0.25, 0.3) is 0 Å². The SMILES string of the molecule is CC1CCCN1CC(C)(C)C(C)N. The van der Waals surface area contributed by atoms with Crippen LogP contribution in [0, 0.1) is 5.41 Å². The lowest BCUT2D eigenvalue weighted by atomic mass is 9.85. The average Bonchev–Trinajstić information content (AvgIpc) is 2.35. The second-order valence-electron chi connectivity index (χ2n) is 5.24. The van der Waals surface area contributed by atoms with Gasteiger partial charge in [-0.25, -0.2) is 0 Å². The average molecular weight is 184 g/mol. The molecule has 78 valence electrons. The normalized spacial score (nSPS) is 27.9. The van der Waals surface area contributed by atoms with Gasteiger partial charge in [0.1, 0.15) is 0 Å². The smallest absolute Gasteiger partial charge is 0.00739 e. The van der Waals surface area contributed by atoms with Gasteiger partial charge in [-0.3, -0.25) is 0 Å². The molecule has 0 aromatic rings. The van der Waals surface area contributed by atoms with Crippen molar-refractivity contribution < 1.29 is 0 Å². The number of hydrogen-bond acceptors (Lipinski definition) is 2. The van der Waals surface area contributed by atoms with E-state index in [1.807, 2.05) is 0 Å². The fourth-order valence-corrected chi connectivity index (χ4v) is 1.90. The molecule has 2 heteroatoms. The van der Waals surface area contributed by atoms with Gasteiger partial charge in [0.2, 0.25) is 0 Å². The fourth-order valence-electron chi connectivity index (χ4n) is 1.90. The zero-order valence-corrected chi connectivity index (χ0v) is 9.51. The quantitative estimate of drug-likeness (QED) is 0.725. The van der Waals surface area contributed by atoms with Gasteiger partial charge in [-0.05, 0) is 38.6 Å². The standard InChI is InChI=1S/C11H24N2/c1-9-6-5-7-13(9)8-11(3,4)10(2)12/h9-10H,5-8,12H2,1-4H3. The van der Waals surface area contributed by atoms with Crippen molar-refractivity contribution in [2.45, 2.75) is 52.6 Å². The van der Waals surface area contributed by atoms with Crippen molar-refractivity contribution in [1.29, 1.82) is 0 Å². The predicted molar refractivity (Wildman–Crippen MR) is 57.7 cm³/mol. The Morgan fingerprint density at radius 3 is 2.54 bits per heavy atom. The zero-order valence-electron chi connectivity index (χ0n) is 9.51. The first-order valence-corrected chi connectivity index (χ1v) is 5.43. The fraction of sp³-hybridized carbons (Fsp3) is 1.00. The monoisotopic (exact) mass is 184 g/mol. The zero-order chi connectivity index (χ0) is 10.1. The molecule has 0 bridgehead atoms. The van der Waals surface area contributed by atoms with Crippen LogP contribution >= 0.6 is 0 Å². The molecule has 1 heterocycles. The maximum absolute atomic E-state index is 5.97. The van der Waals surface area contributed by atoms with E-state index in [2.05, 4.69) is 32.6 Å². The van der Waals surface area contributed by atoms with Crippen molar-refractivity contribution in [3.63, 3.8) is 0 Å². The van der Waals surface area contributed by atoms with Gasteiger partial charge in [-0.2, -0.15) is 0 Å². The van der Waals surface area contributed by atoms with E-state index in [0.29, 0.717) is 0 Å². The minimum Gasteiger partial charge on any atom is -0.327 e. The molecule has 0 amide bonds. The third-order valence-electron chi connectivity index (χ3n) is 3.53. The summed E-state index contributed by atoms with van der Waals surface area (Å²) >= 11 is 0. The summed E-state index contributed by atoms with van der Waals surface area (Å²) in [6, 6.07) is 1.04. The summed E-state index contributed by atoms with van der Waals surface area (Å²) in [5, 5.41) is 0. The molecule has 1 fully saturated rings. The molecule has 0 aliphatic carbocycles. The van der Waals surface area contributed by atoms with Crippen molar-refractivity contribution in [3.05, 3.63) is 0 Å². The Balaban J connectivity index is 2.47. The summed E-state index contributed by atoms with van der Waals surface area (Å²) in [7, 11) is 0. The van der Waals surface area contributed by atoms with E-state index in [1.54, 1.807) is 0 Å². The van der Waals surface area contributed by atoms with E-state index >= 15 is 0 Å². The Morgan fingerprint density at radius 2 is 2.15 bits per heavy atom. The first-order valence-electron chi connectivity index (χ1n) is 5.43. The Morgan fingerprint density at radius 1 is 1.54 bits per heavy atom. The van der Waals surface area contributed by atoms with Gasteiger partial charge in [-0.1, -0.05) is 13.8 Å². The van der Waals surface area contributed by atoms with Gasteiger partial charge in [0, 0.05) is 18.6 Å². The molecule has 0 saturated carbocycles.